The van der Waals surface area contributed by atoms with Crippen LogP contribution >= 0.6 is 0 Å². The highest BCUT2D eigenvalue weighted by Crippen LogP contribution is 2.21. The van der Waals surface area contributed by atoms with Crippen molar-refractivity contribution in [2.45, 2.75) is 31.8 Å². The average Bonchev–Trinajstić information content (AvgIpc) is 3.19. The number of rotatable bonds is 4. The van der Waals surface area contributed by atoms with Crippen LogP contribution in [-0.2, 0) is 16.6 Å². The zero-order valence-electron chi connectivity index (χ0n) is 14.5. The number of amides is 2. The lowest BCUT2D eigenvalue weighted by atomic mass is 10.2. The number of aromatic nitrogens is 1. The van der Waals surface area contributed by atoms with E-state index >= 15 is 0 Å². The van der Waals surface area contributed by atoms with E-state index in [2.05, 4.69) is 5.32 Å². The highest BCUT2D eigenvalue weighted by Gasteiger charge is 2.36. The number of hydrogen-bond acceptors (Lipinski definition) is 3. The second-order valence-corrected chi connectivity index (χ2v) is 6.51. The standard InChI is InChI=1S/C18H20FN3O4/c1-10(17(24)22-7-3-4-14(22)18(25)26)20-16(23)15-9-11-8-12(19)5-6-13(11)21(15)2/h5-6,8-10,14H,3-4,7H2,1-2H3,(H,20,23)(H,25,26). The highest BCUT2D eigenvalue weighted by atomic mass is 19.1. The average molecular weight is 361 g/mol. The summed E-state index contributed by atoms with van der Waals surface area (Å²) >= 11 is 0. The molecule has 138 valence electrons. The van der Waals surface area contributed by atoms with Gasteiger partial charge < -0.3 is 19.9 Å². The highest BCUT2D eigenvalue weighted by molar-refractivity contribution is 6.01. The van der Waals surface area contributed by atoms with Crippen LogP contribution in [0.5, 0.6) is 0 Å². The third kappa shape index (κ3) is 3.14. The van der Waals surface area contributed by atoms with Crippen molar-refractivity contribution in [3.8, 4) is 0 Å². The van der Waals surface area contributed by atoms with Crippen molar-refractivity contribution in [3.63, 3.8) is 0 Å². The Morgan fingerprint density at radius 3 is 2.73 bits per heavy atom. The number of likely N-dealkylation sites (tertiary alicyclic amines) is 1. The van der Waals surface area contributed by atoms with Crippen LogP contribution in [0.3, 0.4) is 0 Å². The molecule has 1 aromatic heterocycles. The molecule has 2 amide bonds. The number of nitrogens with one attached hydrogen (secondary N) is 1. The number of carboxylic acids is 1. The first kappa shape index (κ1) is 17.9. The number of benzene rings is 1. The monoisotopic (exact) mass is 361 g/mol. The van der Waals surface area contributed by atoms with E-state index in [0.29, 0.717) is 36.0 Å². The molecule has 8 heteroatoms. The van der Waals surface area contributed by atoms with Gasteiger partial charge in [0.05, 0.1) is 0 Å². The fourth-order valence-corrected chi connectivity index (χ4v) is 3.41. The van der Waals surface area contributed by atoms with Crippen molar-refractivity contribution in [1.29, 1.82) is 0 Å². The Hall–Kier alpha value is -2.90. The van der Waals surface area contributed by atoms with Gasteiger partial charge in [0.25, 0.3) is 5.91 Å². The second-order valence-electron chi connectivity index (χ2n) is 6.51. The minimum absolute atomic E-state index is 0.293. The van der Waals surface area contributed by atoms with Gasteiger partial charge in [0.1, 0.15) is 23.6 Å². The van der Waals surface area contributed by atoms with Crippen LogP contribution in [0.1, 0.15) is 30.3 Å². The molecule has 0 saturated carbocycles. The fraction of sp³-hybridized carbons (Fsp3) is 0.389. The predicted molar refractivity (Wildman–Crippen MR) is 92.2 cm³/mol. The lowest BCUT2D eigenvalue weighted by Gasteiger charge is -2.25. The lowest BCUT2D eigenvalue weighted by molar-refractivity contribution is -0.148. The fourth-order valence-electron chi connectivity index (χ4n) is 3.41. The minimum atomic E-state index is -1.04. The van der Waals surface area contributed by atoms with Gasteiger partial charge in [-0.15, -0.1) is 0 Å². The quantitative estimate of drug-likeness (QED) is 0.864. The number of hydrogen-bond donors (Lipinski definition) is 2. The van der Waals surface area contributed by atoms with Crippen LogP contribution < -0.4 is 5.32 Å². The van der Waals surface area contributed by atoms with E-state index in [0.717, 1.165) is 0 Å². The maximum absolute atomic E-state index is 13.4. The SMILES string of the molecule is CC(NC(=O)c1cc2cc(F)ccc2n1C)C(=O)N1CCCC1C(=O)O. The first-order valence-electron chi connectivity index (χ1n) is 8.38. The normalized spacial score (nSPS) is 18.1. The van der Waals surface area contributed by atoms with Crippen molar-refractivity contribution >= 4 is 28.7 Å². The molecule has 1 aromatic carbocycles. The summed E-state index contributed by atoms with van der Waals surface area (Å²) in [6.07, 6.45) is 1.04. The zero-order chi connectivity index (χ0) is 19.0. The number of carboxylic acid groups (broad SMARTS) is 1. The number of carbonyl (C=O) groups excluding carboxylic acids is 2. The number of carbonyl (C=O) groups is 3. The third-order valence-corrected chi connectivity index (χ3v) is 4.78. The smallest absolute Gasteiger partial charge is 0.326 e. The van der Waals surface area contributed by atoms with E-state index in [1.807, 2.05) is 0 Å². The maximum Gasteiger partial charge on any atom is 0.326 e. The van der Waals surface area contributed by atoms with Gasteiger partial charge in [0, 0.05) is 24.5 Å². The second kappa shape index (κ2) is 6.78. The molecule has 26 heavy (non-hydrogen) atoms. The van der Waals surface area contributed by atoms with E-state index in [-0.39, 0.29) is 0 Å². The van der Waals surface area contributed by atoms with Crippen molar-refractivity contribution < 1.29 is 23.9 Å². The Morgan fingerprint density at radius 1 is 1.31 bits per heavy atom. The molecular formula is C18H20FN3O4. The van der Waals surface area contributed by atoms with Gasteiger partial charge in [-0.05, 0) is 44.0 Å². The summed E-state index contributed by atoms with van der Waals surface area (Å²) in [7, 11) is 1.68. The lowest BCUT2D eigenvalue weighted by Crippen LogP contribution is -2.50. The number of nitrogens with zero attached hydrogens (tertiary/aromatic N) is 2. The van der Waals surface area contributed by atoms with E-state index in [4.69, 9.17) is 0 Å². The summed E-state index contributed by atoms with van der Waals surface area (Å²) in [5, 5.41) is 12.4. The molecule has 1 fully saturated rings. The topological polar surface area (TPSA) is 91.6 Å². The molecule has 0 radical (unpaired) electrons. The zero-order valence-corrected chi connectivity index (χ0v) is 14.5. The van der Waals surface area contributed by atoms with Crippen LogP contribution in [0.15, 0.2) is 24.3 Å². The molecule has 2 heterocycles. The molecule has 1 aliphatic rings. The molecule has 1 saturated heterocycles. The van der Waals surface area contributed by atoms with Gasteiger partial charge in [0.15, 0.2) is 0 Å². The molecule has 2 unspecified atom stereocenters. The van der Waals surface area contributed by atoms with Crippen molar-refractivity contribution in [2.75, 3.05) is 6.54 Å². The third-order valence-electron chi connectivity index (χ3n) is 4.78. The van der Waals surface area contributed by atoms with Crippen LogP contribution in [-0.4, -0.2) is 51.0 Å². The molecule has 0 aliphatic carbocycles. The number of fused-ring (bicyclic) bond motifs is 1. The van der Waals surface area contributed by atoms with Gasteiger partial charge in [-0.3, -0.25) is 9.59 Å². The maximum atomic E-state index is 13.4. The summed E-state index contributed by atoms with van der Waals surface area (Å²) in [4.78, 5) is 37.6. The Labute approximate surface area is 149 Å². The summed E-state index contributed by atoms with van der Waals surface area (Å²) in [6.45, 7) is 1.89. The number of halogens is 1. The molecule has 2 atom stereocenters. The van der Waals surface area contributed by atoms with E-state index < -0.39 is 35.7 Å². The summed E-state index contributed by atoms with van der Waals surface area (Å²) in [5.74, 6) is -2.33. The Balaban J connectivity index is 1.76. The molecule has 0 bridgehead atoms. The van der Waals surface area contributed by atoms with Crippen LogP contribution in [0, 0.1) is 5.82 Å². The minimum Gasteiger partial charge on any atom is -0.480 e. The molecule has 7 nitrogen and oxygen atoms in total. The van der Waals surface area contributed by atoms with Crippen molar-refractivity contribution in [1.82, 2.24) is 14.8 Å². The first-order valence-corrected chi connectivity index (χ1v) is 8.38. The predicted octanol–water partition coefficient (Wildman–Crippen LogP) is 1.51. The molecule has 2 N–H and O–H groups in total. The summed E-state index contributed by atoms with van der Waals surface area (Å²) in [6, 6.07) is 4.08. The van der Waals surface area contributed by atoms with Crippen molar-refractivity contribution in [2.24, 2.45) is 7.05 Å². The summed E-state index contributed by atoms with van der Waals surface area (Å²) < 4.78 is 15.0. The van der Waals surface area contributed by atoms with Gasteiger partial charge in [0.2, 0.25) is 5.91 Å². The molecule has 2 aromatic rings. The van der Waals surface area contributed by atoms with Crippen LogP contribution in [0.4, 0.5) is 4.39 Å². The van der Waals surface area contributed by atoms with Crippen LogP contribution in [0.25, 0.3) is 10.9 Å². The largest absolute Gasteiger partial charge is 0.480 e. The Kier molecular flexibility index (Phi) is 4.67. The first-order chi connectivity index (χ1) is 12.3. The molecule has 0 spiro atoms. The van der Waals surface area contributed by atoms with Gasteiger partial charge >= 0.3 is 5.97 Å². The van der Waals surface area contributed by atoms with Gasteiger partial charge in [-0.2, -0.15) is 0 Å². The van der Waals surface area contributed by atoms with Crippen molar-refractivity contribution in [3.05, 3.63) is 35.8 Å². The Bertz CT molecular complexity index is 892. The number of aryl methyl sites for hydroxylation is 1. The Morgan fingerprint density at radius 2 is 2.04 bits per heavy atom. The van der Waals surface area contributed by atoms with E-state index in [1.165, 1.54) is 24.0 Å². The van der Waals surface area contributed by atoms with Crippen LogP contribution in [0.2, 0.25) is 0 Å². The number of aliphatic carboxylic acids is 1. The van der Waals surface area contributed by atoms with E-state index in [9.17, 15) is 23.9 Å². The van der Waals surface area contributed by atoms with Gasteiger partial charge in [-0.25, -0.2) is 9.18 Å². The molecule has 1 aliphatic heterocycles. The van der Waals surface area contributed by atoms with Gasteiger partial charge in [-0.1, -0.05) is 0 Å². The molecular weight excluding hydrogens is 341 g/mol. The summed E-state index contributed by atoms with van der Waals surface area (Å²) in [5.41, 5.74) is 0.988. The van der Waals surface area contributed by atoms with E-state index in [1.54, 1.807) is 23.7 Å². The molecule has 3 rings (SSSR count).